The predicted octanol–water partition coefficient (Wildman–Crippen LogP) is 2.50. The predicted molar refractivity (Wildman–Crippen MR) is 50.8 cm³/mol. The van der Waals surface area contributed by atoms with E-state index in [1.54, 1.807) is 0 Å². The molecule has 0 fully saturated rings. The smallest absolute Gasteiger partial charge is 0.163 e. The number of hydrogen-bond acceptors (Lipinski definition) is 2. The fourth-order valence-corrected chi connectivity index (χ4v) is 1.33. The first kappa shape index (κ1) is 10.2. The Kier molecular flexibility index (Phi) is 3.42. The highest BCUT2D eigenvalue weighted by molar-refractivity contribution is 9.09. The summed E-state index contributed by atoms with van der Waals surface area (Å²) in [5.74, 6) is -1.01. The van der Waals surface area contributed by atoms with Gasteiger partial charge in [0.1, 0.15) is 11.6 Å². The summed E-state index contributed by atoms with van der Waals surface area (Å²) in [6.45, 7) is 0. The Balaban J connectivity index is 2.94. The highest BCUT2D eigenvalue weighted by Gasteiger charge is 2.07. The first-order chi connectivity index (χ1) is 6.13. The number of ketones is 1. The van der Waals surface area contributed by atoms with E-state index in [2.05, 4.69) is 15.9 Å². The topological polar surface area (TPSA) is 37.3 Å². The third-order valence-electron chi connectivity index (χ3n) is 1.53. The van der Waals surface area contributed by atoms with E-state index in [9.17, 15) is 9.18 Å². The molecule has 0 aliphatic rings. The number of alkyl halides is 1. The molecule has 0 aromatic heterocycles. The Morgan fingerprint density at radius 3 is 2.69 bits per heavy atom. The molecule has 0 aliphatic heterocycles. The number of phenolic OH excluding ortho intramolecular Hbond substituents is 1. The van der Waals surface area contributed by atoms with Crippen LogP contribution < -0.4 is 0 Å². The van der Waals surface area contributed by atoms with Crippen molar-refractivity contribution < 1.29 is 14.3 Å². The van der Waals surface area contributed by atoms with Crippen LogP contribution in [0.25, 0.3) is 0 Å². The lowest BCUT2D eigenvalue weighted by atomic mass is 10.1. The lowest BCUT2D eigenvalue weighted by Crippen LogP contribution is -1.99. The minimum Gasteiger partial charge on any atom is -0.508 e. The van der Waals surface area contributed by atoms with E-state index in [-0.39, 0.29) is 17.1 Å². The summed E-state index contributed by atoms with van der Waals surface area (Å²) >= 11 is 3.11. The van der Waals surface area contributed by atoms with Crippen LogP contribution in [0, 0.1) is 5.82 Å². The Labute approximate surface area is 83.5 Å². The average molecular weight is 247 g/mol. The van der Waals surface area contributed by atoms with Gasteiger partial charge in [-0.1, -0.05) is 15.9 Å². The lowest BCUT2D eigenvalue weighted by Gasteiger charge is -1.99. The standard InChI is InChI=1S/C9H8BrFO2/c10-2-1-9(13)6-3-7(11)5-8(12)4-6/h3-5,12H,1-2H2. The molecule has 0 spiro atoms. The summed E-state index contributed by atoms with van der Waals surface area (Å²) in [6, 6.07) is 3.34. The van der Waals surface area contributed by atoms with Crippen molar-refractivity contribution in [3.8, 4) is 5.75 Å². The number of aromatic hydroxyl groups is 1. The fourth-order valence-electron chi connectivity index (χ4n) is 0.965. The fraction of sp³-hybridized carbons (Fsp3) is 0.222. The number of hydrogen-bond donors (Lipinski definition) is 1. The summed E-state index contributed by atoms with van der Waals surface area (Å²) in [5.41, 5.74) is 0.206. The highest BCUT2D eigenvalue weighted by Crippen LogP contribution is 2.16. The van der Waals surface area contributed by atoms with Gasteiger partial charge in [0, 0.05) is 23.4 Å². The highest BCUT2D eigenvalue weighted by atomic mass is 79.9. The van der Waals surface area contributed by atoms with Crippen molar-refractivity contribution in [2.24, 2.45) is 0 Å². The Morgan fingerprint density at radius 2 is 2.15 bits per heavy atom. The Morgan fingerprint density at radius 1 is 1.46 bits per heavy atom. The van der Waals surface area contributed by atoms with Gasteiger partial charge in [0.05, 0.1) is 0 Å². The molecule has 0 saturated heterocycles. The third-order valence-corrected chi connectivity index (χ3v) is 1.92. The van der Waals surface area contributed by atoms with Gasteiger partial charge in [0.15, 0.2) is 5.78 Å². The third kappa shape index (κ3) is 2.81. The maximum absolute atomic E-state index is 12.7. The van der Waals surface area contributed by atoms with Gasteiger partial charge in [0.25, 0.3) is 0 Å². The molecule has 0 bridgehead atoms. The van der Waals surface area contributed by atoms with Crippen molar-refractivity contribution in [2.45, 2.75) is 6.42 Å². The first-order valence-corrected chi connectivity index (χ1v) is 4.84. The molecule has 13 heavy (non-hydrogen) atoms. The maximum atomic E-state index is 12.7. The number of phenols is 1. The summed E-state index contributed by atoms with van der Waals surface area (Å²) in [7, 11) is 0. The first-order valence-electron chi connectivity index (χ1n) is 3.72. The number of benzene rings is 1. The van der Waals surface area contributed by atoms with Crippen molar-refractivity contribution in [2.75, 3.05) is 5.33 Å². The van der Waals surface area contributed by atoms with Gasteiger partial charge in [-0.2, -0.15) is 0 Å². The second kappa shape index (κ2) is 4.37. The molecule has 0 radical (unpaired) electrons. The van der Waals surface area contributed by atoms with Crippen LogP contribution in [0.4, 0.5) is 4.39 Å². The van der Waals surface area contributed by atoms with Crippen LogP contribution in [-0.4, -0.2) is 16.2 Å². The molecule has 0 atom stereocenters. The zero-order valence-electron chi connectivity index (χ0n) is 6.76. The molecule has 1 N–H and O–H groups in total. The Bertz CT molecular complexity index is 305. The molecule has 0 saturated carbocycles. The second-order valence-electron chi connectivity index (χ2n) is 2.56. The number of Topliss-reactive ketones (excluding diaryl/α,β-unsaturated/α-hetero) is 1. The van der Waals surface area contributed by atoms with Gasteiger partial charge >= 0.3 is 0 Å². The lowest BCUT2D eigenvalue weighted by molar-refractivity contribution is 0.0989. The summed E-state index contributed by atoms with van der Waals surface area (Å²) in [4.78, 5) is 11.2. The molecular weight excluding hydrogens is 239 g/mol. The van der Waals surface area contributed by atoms with Crippen molar-refractivity contribution in [3.05, 3.63) is 29.6 Å². The normalized spacial score (nSPS) is 10.0. The van der Waals surface area contributed by atoms with E-state index in [0.29, 0.717) is 11.8 Å². The molecule has 1 rings (SSSR count). The largest absolute Gasteiger partial charge is 0.508 e. The van der Waals surface area contributed by atoms with E-state index in [4.69, 9.17) is 5.11 Å². The zero-order chi connectivity index (χ0) is 9.84. The van der Waals surface area contributed by atoms with Crippen LogP contribution in [0.3, 0.4) is 0 Å². The molecule has 1 aromatic rings. The molecular formula is C9H8BrFO2. The van der Waals surface area contributed by atoms with Gasteiger partial charge in [-0.15, -0.1) is 0 Å². The van der Waals surface area contributed by atoms with Crippen molar-refractivity contribution in [1.29, 1.82) is 0 Å². The van der Waals surface area contributed by atoms with Crippen molar-refractivity contribution in [1.82, 2.24) is 0 Å². The zero-order valence-corrected chi connectivity index (χ0v) is 8.34. The summed E-state index contributed by atoms with van der Waals surface area (Å²) in [5, 5.41) is 9.54. The van der Waals surface area contributed by atoms with E-state index in [0.717, 1.165) is 12.1 Å². The van der Waals surface area contributed by atoms with Gasteiger partial charge in [-0.3, -0.25) is 4.79 Å². The molecule has 2 nitrogen and oxygen atoms in total. The van der Waals surface area contributed by atoms with Crippen LogP contribution in [0.15, 0.2) is 18.2 Å². The molecule has 0 aliphatic carbocycles. The summed E-state index contributed by atoms with van der Waals surface area (Å²) < 4.78 is 12.7. The average Bonchev–Trinajstić information content (AvgIpc) is 2.03. The van der Waals surface area contributed by atoms with Crippen LogP contribution >= 0.6 is 15.9 Å². The second-order valence-corrected chi connectivity index (χ2v) is 3.35. The number of rotatable bonds is 3. The monoisotopic (exact) mass is 246 g/mol. The van der Waals surface area contributed by atoms with Gasteiger partial charge in [0.2, 0.25) is 0 Å². The summed E-state index contributed by atoms with van der Waals surface area (Å²) in [6.07, 6.45) is 0.295. The minimum absolute atomic E-state index is 0.188. The number of carbonyl (C=O) groups excluding carboxylic acids is 1. The van der Waals surface area contributed by atoms with Crippen molar-refractivity contribution >= 4 is 21.7 Å². The Hall–Kier alpha value is -0.900. The van der Waals surface area contributed by atoms with Crippen molar-refractivity contribution in [3.63, 3.8) is 0 Å². The number of carbonyl (C=O) groups is 1. The van der Waals surface area contributed by atoms with Gasteiger partial charge < -0.3 is 5.11 Å². The molecule has 4 heteroatoms. The van der Waals surface area contributed by atoms with Crippen LogP contribution in [0.1, 0.15) is 16.8 Å². The molecule has 0 unspecified atom stereocenters. The van der Waals surface area contributed by atoms with Crippen LogP contribution in [0.2, 0.25) is 0 Å². The molecule has 0 amide bonds. The molecule has 0 heterocycles. The SMILES string of the molecule is O=C(CCBr)c1cc(O)cc(F)c1. The van der Waals surface area contributed by atoms with Gasteiger partial charge in [-0.05, 0) is 12.1 Å². The van der Waals surface area contributed by atoms with E-state index in [1.165, 1.54) is 6.07 Å². The van der Waals surface area contributed by atoms with Gasteiger partial charge in [-0.25, -0.2) is 4.39 Å². The van der Waals surface area contributed by atoms with E-state index in [1.807, 2.05) is 0 Å². The van der Waals surface area contributed by atoms with Crippen LogP contribution in [-0.2, 0) is 0 Å². The van der Waals surface area contributed by atoms with E-state index < -0.39 is 5.82 Å². The number of halogens is 2. The van der Waals surface area contributed by atoms with Crippen LogP contribution in [0.5, 0.6) is 5.75 Å². The minimum atomic E-state index is -0.599. The molecule has 1 aromatic carbocycles. The maximum Gasteiger partial charge on any atom is 0.163 e. The quantitative estimate of drug-likeness (QED) is 0.658. The van der Waals surface area contributed by atoms with E-state index >= 15 is 0 Å². The molecule has 70 valence electrons.